The summed E-state index contributed by atoms with van der Waals surface area (Å²) in [6.07, 6.45) is 2.26. The van der Waals surface area contributed by atoms with Crippen molar-refractivity contribution in [2.75, 3.05) is 0 Å². The highest BCUT2D eigenvalue weighted by molar-refractivity contribution is 6.21. The summed E-state index contributed by atoms with van der Waals surface area (Å²) in [5, 5.41) is 0.314. The molecule has 1 nitrogen and oxygen atoms in total. The Labute approximate surface area is 109 Å². The fraction of sp³-hybridized carbons (Fsp3) is 0.600. The SMILES string of the molecule is Cc1cc(C(C)(C)C)ccc1OC1CC(Cl)C1. The lowest BCUT2D eigenvalue weighted by molar-refractivity contribution is 0.123. The molecule has 0 radical (unpaired) electrons. The van der Waals surface area contributed by atoms with Gasteiger partial charge < -0.3 is 4.74 Å². The summed E-state index contributed by atoms with van der Waals surface area (Å²) in [6.45, 7) is 8.80. The Morgan fingerprint density at radius 3 is 2.35 bits per heavy atom. The number of rotatable bonds is 2. The molecule has 17 heavy (non-hydrogen) atoms. The van der Waals surface area contributed by atoms with Crippen LogP contribution in [0.15, 0.2) is 18.2 Å². The zero-order valence-electron chi connectivity index (χ0n) is 11.1. The van der Waals surface area contributed by atoms with Crippen molar-refractivity contribution >= 4 is 11.6 Å². The van der Waals surface area contributed by atoms with Crippen molar-refractivity contribution < 1.29 is 4.74 Å². The van der Waals surface area contributed by atoms with Crippen LogP contribution in [-0.2, 0) is 5.41 Å². The molecule has 0 spiro atoms. The Balaban J connectivity index is 2.09. The van der Waals surface area contributed by atoms with Gasteiger partial charge in [-0.25, -0.2) is 0 Å². The van der Waals surface area contributed by atoms with Crippen molar-refractivity contribution in [2.24, 2.45) is 0 Å². The topological polar surface area (TPSA) is 9.23 Å². The molecule has 1 aliphatic rings. The van der Waals surface area contributed by atoms with Gasteiger partial charge in [-0.15, -0.1) is 11.6 Å². The smallest absolute Gasteiger partial charge is 0.122 e. The summed E-state index contributed by atoms with van der Waals surface area (Å²) in [7, 11) is 0. The maximum atomic E-state index is 5.95. The van der Waals surface area contributed by atoms with Gasteiger partial charge in [-0.2, -0.15) is 0 Å². The van der Waals surface area contributed by atoms with Gasteiger partial charge in [0.2, 0.25) is 0 Å². The minimum Gasteiger partial charge on any atom is -0.490 e. The predicted octanol–water partition coefficient (Wildman–Crippen LogP) is 4.44. The number of halogens is 1. The molecule has 1 fully saturated rings. The van der Waals surface area contributed by atoms with Gasteiger partial charge in [-0.3, -0.25) is 0 Å². The van der Waals surface area contributed by atoms with Crippen LogP contribution in [0.25, 0.3) is 0 Å². The van der Waals surface area contributed by atoms with Crippen LogP contribution in [0.4, 0.5) is 0 Å². The first-order valence-electron chi connectivity index (χ1n) is 6.28. The molecule has 94 valence electrons. The van der Waals surface area contributed by atoms with Gasteiger partial charge in [-0.05, 0) is 29.5 Å². The van der Waals surface area contributed by atoms with E-state index in [1.807, 2.05) is 0 Å². The van der Waals surface area contributed by atoms with E-state index in [0.717, 1.165) is 18.6 Å². The lowest BCUT2D eigenvalue weighted by Crippen LogP contribution is -2.34. The first-order valence-corrected chi connectivity index (χ1v) is 6.72. The summed E-state index contributed by atoms with van der Waals surface area (Å²) < 4.78 is 5.93. The van der Waals surface area contributed by atoms with Crippen LogP contribution in [0, 0.1) is 6.92 Å². The molecule has 1 aromatic rings. The molecule has 1 aliphatic carbocycles. The van der Waals surface area contributed by atoms with Crippen LogP contribution < -0.4 is 4.74 Å². The summed E-state index contributed by atoms with van der Waals surface area (Å²) in [4.78, 5) is 0. The molecule has 0 N–H and O–H groups in total. The van der Waals surface area contributed by atoms with E-state index < -0.39 is 0 Å². The van der Waals surface area contributed by atoms with Crippen molar-refractivity contribution in [3.05, 3.63) is 29.3 Å². The van der Waals surface area contributed by atoms with Crippen LogP contribution in [0.3, 0.4) is 0 Å². The van der Waals surface area contributed by atoms with Crippen molar-refractivity contribution in [1.82, 2.24) is 0 Å². The summed E-state index contributed by atoms with van der Waals surface area (Å²) in [5.74, 6) is 1.01. The molecule has 1 aromatic carbocycles. The van der Waals surface area contributed by atoms with E-state index in [2.05, 4.69) is 45.9 Å². The summed E-state index contributed by atoms with van der Waals surface area (Å²) in [5.41, 5.74) is 2.77. The fourth-order valence-electron chi connectivity index (χ4n) is 2.03. The lowest BCUT2D eigenvalue weighted by Gasteiger charge is -2.32. The van der Waals surface area contributed by atoms with E-state index in [1.165, 1.54) is 11.1 Å². The Kier molecular flexibility index (Phi) is 3.40. The molecule has 2 heteroatoms. The van der Waals surface area contributed by atoms with Crippen LogP contribution in [0.5, 0.6) is 5.75 Å². The number of hydrogen-bond donors (Lipinski definition) is 0. The average molecular weight is 253 g/mol. The predicted molar refractivity (Wildman–Crippen MR) is 73.2 cm³/mol. The van der Waals surface area contributed by atoms with Crippen molar-refractivity contribution in [1.29, 1.82) is 0 Å². The van der Waals surface area contributed by atoms with E-state index >= 15 is 0 Å². The van der Waals surface area contributed by atoms with Gasteiger partial charge in [0, 0.05) is 18.2 Å². The third-order valence-corrected chi connectivity index (χ3v) is 3.73. The maximum absolute atomic E-state index is 5.95. The summed E-state index contributed by atoms with van der Waals surface area (Å²) in [6, 6.07) is 6.49. The number of hydrogen-bond acceptors (Lipinski definition) is 1. The van der Waals surface area contributed by atoms with E-state index in [1.54, 1.807) is 0 Å². The zero-order chi connectivity index (χ0) is 12.6. The van der Waals surface area contributed by atoms with Gasteiger partial charge in [0.05, 0.1) is 0 Å². The van der Waals surface area contributed by atoms with Crippen molar-refractivity contribution in [2.45, 2.75) is 57.4 Å². The molecule has 0 heterocycles. The van der Waals surface area contributed by atoms with Gasteiger partial charge >= 0.3 is 0 Å². The molecule has 2 rings (SSSR count). The van der Waals surface area contributed by atoms with Crippen LogP contribution in [-0.4, -0.2) is 11.5 Å². The van der Waals surface area contributed by atoms with Gasteiger partial charge in [-0.1, -0.05) is 32.9 Å². The van der Waals surface area contributed by atoms with E-state index in [-0.39, 0.29) is 5.41 Å². The monoisotopic (exact) mass is 252 g/mol. The second-order valence-electron chi connectivity index (χ2n) is 6.04. The van der Waals surface area contributed by atoms with E-state index in [4.69, 9.17) is 16.3 Å². The first-order chi connectivity index (χ1) is 7.86. The molecule has 0 atom stereocenters. The third-order valence-electron chi connectivity index (χ3n) is 3.37. The van der Waals surface area contributed by atoms with E-state index in [0.29, 0.717) is 11.5 Å². The van der Waals surface area contributed by atoms with Crippen LogP contribution in [0.2, 0.25) is 0 Å². The van der Waals surface area contributed by atoms with Crippen molar-refractivity contribution in [3.8, 4) is 5.75 Å². The zero-order valence-corrected chi connectivity index (χ0v) is 11.8. The Morgan fingerprint density at radius 2 is 1.88 bits per heavy atom. The number of ether oxygens (including phenoxy) is 1. The number of aryl methyl sites for hydroxylation is 1. The minimum absolute atomic E-state index is 0.195. The maximum Gasteiger partial charge on any atom is 0.122 e. The van der Waals surface area contributed by atoms with E-state index in [9.17, 15) is 0 Å². The molecule has 0 saturated heterocycles. The fourth-order valence-corrected chi connectivity index (χ4v) is 2.42. The highest BCUT2D eigenvalue weighted by atomic mass is 35.5. The highest BCUT2D eigenvalue weighted by Crippen LogP contribution is 2.33. The second-order valence-corrected chi connectivity index (χ2v) is 6.66. The van der Waals surface area contributed by atoms with Crippen LogP contribution in [0.1, 0.15) is 44.7 Å². The molecule has 1 saturated carbocycles. The first kappa shape index (κ1) is 12.8. The Morgan fingerprint density at radius 1 is 1.24 bits per heavy atom. The quantitative estimate of drug-likeness (QED) is 0.707. The Bertz CT molecular complexity index is 400. The average Bonchev–Trinajstić information content (AvgIpc) is 2.16. The molecular formula is C15H21ClO. The second kappa shape index (κ2) is 4.53. The van der Waals surface area contributed by atoms with Gasteiger partial charge in [0.1, 0.15) is 11.9 Å². The van der Waals surface area contributed by atoms with Crippen molar-refractivity contribution in [3.63, 3.8) is 0 Å². The molecular weight excluding hydrogens is 232 g/mol. The number of alkyl halides is 1. The largest absolute Gasteiger partial charge is 0.490 e. The highest BCUT2D eigenvalue weighted by Gasteiger charge is 2.29. The third kappa shape index (κ3) is 2.95. The standard InChI is InChI=1S/C15H21ClO/c1-10-7-11(15(2,3)4)5-6-14(10)17-13-8-12(16)9-13/h5-7,12-13H,8-9H2,1-4H3. The molecule has 0 unspecified atom stereocenters. The molecule has 0 amide bonds. The molecule has 0 aromatic heterocycles. The van der Waals surface area contributed by atoms with Crippen LogP contribution >= 0.6 is 11.6 Å². The Hall–Kier alpha value is -0.690. The normalized spacial score (nSPS) is 24.3. The molecule has 0 bridgehead atoms. The van der Waals surface area contributed by atoms with Gasteiger partial charge in [0.15, 0.2) is 0 Å². The number of benzene rings is 1. The lowest BCUT2D eigenvalue weighted by atomic mass is 9.86. The summed E-state index contributed by atoms with van der Waals surface area (Å²) >= 11 is 5.95. The minimum atomic E-state index is 0.195. The molecule has 0 aliphatic heterocycles. The van der Waals surface area contributed by atoms with Gasteiger partial charge in [0.25, 0.3) is 0 Å².